The predicted octanol–water partition coefficient (Wildman–Crippen LogP) is 5.08. The van der Waals surface area contributed by atoms with E-state index in [1.165, 1.54) is 17.3 Å². The highest BCUT2D eigenvalue weighted by Crippen LogP contribution is 2.30. The van der Waals surface area contributed by atoms with E-state index in [4.69, 9.17) is 9.15 Å². The summed E-state index contributed by atoms with van der Waals surface area (Å²) < 4.78 is 11.0. The van der Waals surface area contributed by atoms with Gasteiger partial charge in [-0.3, -0.25) is 0 Å². The van der Waals surface area contributed by atoms with Gasteiger partial charge in [-0.05, 0) is 43.3 Å². The molecule has 3 aromatic rings. The molecular weight excluding hydrogens is 346 g/mol. The molecule has 0 saturated heterocycles. The summed E-state index contributed by atoms with van der Waals surface area (Å²) in [5.74, 6) is 0.389. The van der Waals surface area contributed by atoms with Crippen LogP contribution in [0.2, 0.25) is 0 Å². The molecule has 1 aromatic heterocycles. The van der Waals surface area contributed by atoms with Gasteiger partial charge in [-0.15, -0.1) is 0 Å². The molecule has 0 bridgehead atoms. The molecule has 0 spiro atoms. The van der Waals surface area contributed by atoms with Crippen LogP contribution in [0.15, 0.2) is 91.8 Å². The second-order valence-electron chi connectivity index (χ2n) is 5.77. The summed E-state index contributed by atoms with van der Waals surface area (Å²) in [5, 5.41) is 0.749. The van der Waals surface area contributed by atoms with Crippen molar-refractivity contribution in [1.29, 1.82) is 0 Å². The normalized spacial score (nSPS) is 15.2. The number of nitrogens with zero attached hydrogens (tertiary/aromatic N) is 1. The number of carbonyl (C=O) groups excluding carboxylic acids is 1. The first-order chi connectivity index (χ1) is 12.7. The minimum Gasteiger partial charge on any atom is -0.450 e. The Labute approximate surface area is 155 Å². The van der Waals surface area contributed by atoms with Gasteiger partial charge >= 0.3 is 5.97 Å². The van der Waals surface area contributed by atoms with Crippen molar-refractivity contribution in [2.45, 2.75) is 16.9 Å². The molecule has 0 aliphatic carbocycles. The highest BCUT2D eigenvalue weighted by molar-refractivity contribution is 7.99. The number of hydrogen-bond acceptors (Lipinski definition) is 5. The quantitative estimate of drug-likeness (QED) is 0.480. The third-order valence-corrected chi connectivity index (χ3v) is 4.69. The summed E-state index contributed by atoms with van der Waals surface area (Å²) in [6.45, 7) is 2.05. The summed E-state index contributed by atoms with van der Waals surface area (Å²) in [4.78, 5) is 17.4. The lowest BCUT2D eigenvalue weighted by atomic mass is 10.2. The Balaban J connectivity index is 1.53. The molecule has 2 heterocycles. The first kappa shape index (κ1) is 16.4. The fourth-order valence-electron chi connectivity index (χ4n) is 2.44. The number of aliphatic imine (C=N–C) groups is 1. The number of ether oxygens (including phenoxy) is 1. The van der Waals surface area contributed by atoms with Gasteiger partial charge in [0.1, 0.15) is 5.76 Å². The maximum Gasteiger partial charge on any atom is 0.363 e. The number of esters is 1. The maximum atomic E-state index is 12.0. The lowest BCUT2D eigenvalue weighted by Gasteiger charge is -1.98. The van der Waals surface area contributed by atoms with E-state index in [0.717, 1.165) is 15.6 Å². The minimum atomic E-state index is -0.479. The van der Waals surface area contributed by atoms with E-state index in [1.807, 2.05) is 54.6 Å². The number of carbonyl (C=O) groups is 1. The molecule has 5 heteroatoms. The fraction of sp³-hybridized carbons (Fsp3) is 0.0476. The number of rotatable bonds is 4. The fourth-order valence-corrected chi connectivity index (χ4v) is 3.22. The molecule has 4 rings (SSSR count). The van der Waals surface area contributed by atoms with Crippen molar-refractivity contribution in [2.24, 2.45) is 4.99 Å². The van der Waals surface area contributed by atoms with Crippen LogP contribution in [0.1, 0.15) is 16.9 Å². The van der Waals surface area contributed by atoms with Gasteiger partial charge in [-0.1, -0.05) is 47.7 Å². The predicted molar refractivity (Wildman–Crippen MR) is 101 cm³/mol. The Morgan fingerprint density at radius 3 is 2.50 bits per heavy atom. The van der Waals surface area contributed by atoms with Gasteiger partial charge in [0.2, 0.25) is 5.90 Å². The van der Waals surface area contributed by atoms with Crippen molar-refractivity contribution in [3.63, 3.8) is 0 Å². The maximum absolute atomic E-state index is 12.0. The average molecular weight is 361 g/mol. The lowest BCUT2D eigenvalue weighted by molar-refractivity contribution is -0.129. The molecule has 26 heavy (non-hydrogen) atoms. The van der Waals surface area contributed by atoms with Crippen molar-refractivity contribution in [2.75, 3.05) is 0 Å². The molecule has 0 radical (unpaired) electrons. The van der Waals surface area contributed by atoms with Crippen molar-refractivity contribution < 1.29 is 13.9 Å². The van der Waals surface area contributed by atoms with Crippen LogP contribution in [0.5, 0.6) is 0 Å². The van der Waals surface area contributed by atoms with E-state index < -0.39 is 5.97 Å². The zero-order valence-electron chi connectivity index (χ0n) is 14.0. The second-order valence-corrected chi connectivity index (χ2v) is 6.85. The summed E-state index contributed by atoms with van der Waals surface area (Å²) >= 11 is 1.53. The van der Waals surface area contributed by atoms with Crippen LogP contribution in [0.4, 0.5) is 0 Å². The van der Waals surface area contributed by atoms with Crippen molar-refractivity contribution >= 4 is 29.7 Å². The van der Waals surface area contributed by atoms with E-state index >= 15 is 0 Å². The number of hydrogen-bond donors (Lipinski definition) is 0. The Morgan fingerprint density at radius 1 is 0.962 bits per heavy atom. The van der Waals surface area contributed by atoms with Crippen molar-refractivity contribution in [1.82, 2.24) is 0 Å². The van der Waals surface area contributed by atoms with Crippen molar-refractivity contribution in [3.05, 3.63) is 89.3 Å². The van der Waals surface area contributed by atoms with E-state index in [1.54, 1.807) is 6.08 Å². The number of benzene rings is 2. The van der Waals surface area contributed by atoms with Crippen LogP contribution in [0.25, 0.3) is 6.08 Å². The van der Waals surface area contributed by atoms with Gasteiger partial charge in [0, 0.05) is 16.5 Å². The molecule has 0 fully saturated rings. The van der Waals surface area contributed by atoms with Crippen LogP contribution in [0.3, 0.4) is 0 Å². The molecule has 0 amide bonds. The largest absolute Gasteiger partial charge is 0.450 e. The summed E-state index contributed by atoms with van der Waals surface area (Å²) in [7, 11) is 0. The molecule has 2 aromatic carbocycles. The Morgan fingerprint density at radius 2 is 1.73 bits per heavy atom. The molecule has 0 saturated carbocycles. The number of furan rings is 1. The van der Waals surface area contributed by atoms with Crippen LogP contribution >= 0.6 is 11.8 Å². The lowest BCUT2D eigenvalue weighted by Crippen LogP contribution is -2.04. The number of cyclic esters (lactones) is 1. The molecule has 4 nitrogen and oxygen atoms in total. The van der Waals surface area contributed by atoms with Crippen LogP contribution in [-0.4, -0.2) is 11.9 Å². The van der Waals surface area contributed by atoms with Crippen LogP contribution in [-0.2, 0) is 9.53 Å². The van der Waals surface area contributed by atoms with Crippen LogP contribution < -0.4 is 0 Å². The van der Waals surface area contributed by atoms with Gasteiger partial charge in [-0.25, -0.2) is 9.79 Å². The first-order valence-corrected chi connectivity index (χ1v) is 8.91. The van der Waals surface area contributed by atoms with E-state index in [0.29, 0.717) is 11.7 Å². The highest BCUT2D eigenvalue weighted by atomic mass is 32.2. The summed E-state index contributed by atoms with van der Waals surface area (Å²) in [6.07, 6.45) is 1.59. The third kappa shape index (κ3) is 3.63. The van der Waals surface area contributed by atoms with Gasteiger partial charge in [0.25, 0.3) is 0 Å². The molecule has 0 unspecified atom stereocenters. The Kier molecular flexibility index (Phi) is 4.46. The SMILES string of the molecule is Cc1ccc(Sc2ccc(C=C3N=C(c4ccccc4)OC3=O)o2)cc1. The van der Waals surface area contributed by atoms with Gasteiger partial charge < -0.3 is 9.15 Å². The standard InChI is InChI=1S/C21H15NO3S/c1-14-7-10-17(11-8-14)26-19-12-9-16(24-19)13-18-21(23)25-20(22-18)15-5-3-2-4-6-15/h2-13H,1H3. The molecule has 0 N–H and O–H groups in total. The Hall–Kier alpha value is -3.05. The first-order valence-electron chi connectivity index (χ1n) is 8.10. The molecule has 1 aliphatic rings. The average Bonchev–Trinajstić information content (AvgIpc) is 3.25. The molecule has 1 aliphatic heterocycles. The van der Waals surface area contributed by atoms with Gasteiger partial charge in [-0.2, -0.15) is 0 Å². The Bertz CT molecular complexity index is 1000. The topological polar surface area (TPSA) is 51.8 Å². The zero-order chi connectivity index (χ0) is 17.9. The molecule has 128 valence electrons. The van der Waals surface area contributed by atoms with E-state index in [2.05, 4.69) is 24.0 Å². The summed E-state index contributed by atoms with van der Waals surface area (Å²) in [6, 6.07) is 21.2. The van der Waals surface area contributed by atoms with Crippen LogP contribution in [0, 0.1) is 6.92 Å². The zero-order valence-corrected chi connectivity index (χ0v) is 14.8. The van der Waals surface area contributed by atoms with Gasteiger partial charge in [0.05, 0.1) is 0 Å². The second kappa shape index (κ2) is 7.06. The summed E-state index contributed by atoms with van der Waals surface area (Å²) in [5.41, 5.74) is 2.20. The minimum absolute atomic E-state index is 0.227. The smallest absolute Gasteiger partial charge is 0.363 e. The monoisotopic (exact) mass is 361 g/mol. The highest BCUT2D eigenvalue weighted by Gasteiger charge is 2.24. The van der Waals surface area contributed by atoms with Crippen molar-refractivity contribution in [3.8, 4) is 0 Å². The number of aryl methyl sites for hydroxylation is 1. The van der Waals surface area contributed by atoms with E-state index in [-0.39, 0.29) is 5.70 Å². The molecular formula is C21H15NO3S. The van der Waals surface area contributed by atoms with E-state index in [9.17, 15) is 4.79 Å². The van der Waals surface area contributed by atoms with Gasteiger partial charge in [0.15, 0.2) is 10.8 Å². The third-order valence-electron chi connectivity index (χ3n) is 3.76. The molecule has 0 atom stereocenters.